The normalized spacial score (nSPS) is 9.00. The van der Waals surface area contributed by atoms with Gasteiger partial charge < -0.3 is 64.6 Å². The molecule has 1 amide bonds. The van der Waals surface area contributed by atoms with Crippen molar-refractivity contribution in [2.45, 2.75) is 26.4 Å². The summed E-state index contributed by atoms with van der Waals surface area (Å²) in [6.45, 7) is 5.15. The molecular formula is C10H17AuCl2N2O3S2. The number of carbonyl (C=O) groups excluding carboxylic acids is 2. The molecule has 0 aliphatic carbocycles. The number of amides is 1. The van der Waals surface area contributed by atoms with Gasteiger partial charge in [-0.3, -0.25) is 9.59 Å². The summed E-state index contributed by atoms with van der Waals surface area (Å²) < 4.78 is 5.23. The summed E-state index contributed by atoms with van der Waals surface area (Å²) in [7, 11) is 1.61. The van der Waals surface area contributed by atoms with Crippen LogP contribution in [0.1, 0.15) is 20.8 Å². The van der Waals surface area contributed by atoms with Gasteiger partial charge in [-0.2, -0.15) is 0 Å². The first-order valence-corrected chi connectivity index (χ1v) is 5.84. The first-order valence-electron chi connectivity index (χ1n) is 5.02. The van der Waals surface area contributed by atoms with Gasteiger partial charge in [-0.1, -0.05) is 4.32 Å². The molecule has 1 N–H and O–H groups in total. The number of hydrogen-bond donors (Lipinski definition) is 1. The van der Waals surface area contributed by atoms with E-state index in [0.29, 0.717) is 0 Å². The number of hydrogen-bond acceptors (Lipinski definition) is 5. The number of carbonyl (C=O) groups is 2. The maximum atomic E-state index is 11.4. The van der Waals surface area contributed by atoms with Gasteiger partial charge in [0.15, 0.2) is 0 Å². The van der Waals surface area contributed by atoms with Crippen LogP contribution < -0.4 is 30.1 Å². The minimum absolute atomic E-state index is 0. The van der Waals surface area contributed by atoms with Gasteiger partial charge in [-0.25, -0.2) is 0 Å². The molecule has 0 heterocycles. The van der Waals surface area contributed by atoms with Crippen LogP contribution in [0, 0.1) is 0 Å². The Kier molecular flexibility index (Phi) is 18.6. The Balaban J connectivity index is -0.000000427. The summed E-state index contributed by atoms with van der Waals surface area (Å²) >= 11 is 9.43. The number of halogens is 2. The number of rotatable bonds is 4. The topological polar surface area (TPSA) is 58.6 Å². The van der Waals surface area contributed by atoms with Crippen molar-refractivity contribution >= 4 is 41.0 Å². The Morgan fingerprint density at radius 3 is 2.10 bits per heavy atom. The molecule has 0 bridgehead atoms. The third-order valence-corrected chi connectivity index (χ3v) is 2.17. The first-order chi connectivity index (χ1) is 7.61. The molecule has 0 atom stereocenters. The predicted octanol–water partition coefficient (Wildman–Crippen LogP) is -5.79. The molecule has 0 radical (unpaired) electrons. The molecule has 10 heteroatoms. The zero-order valence-electron chi connectivity index (χ0n) is 11.5. The van der Waals surface area contributed by atoms with Gasteiger partial charge in [-0.05, 0) is 20.8 Å². The average molecular weight is 545 g/mol. The van der Waals surface area contributed by atoms with Crippen molar-refractivity contribution in [2.24, 2.45) is 0 Å². The van der Waals surface area contributed by atoms with Crippen molar-refractivity contribution in [3.05, 3.63) is 0 Å². The summed E-state index contributed by atoms with van der Waals surface area (Å²) in [4.78, 5) is 24.1. The van der Waals surface area contributed by atoms with E-state index >= 15 is 0 Å². The number of ether oxygens (including phenoxy) is 1. The standard InChI is InChI=1S/C10H18N2O3S2.Au.2ClH/c1-10(2,3)15-8(14)5-11-7(13)6-12(4)9(16)17;;;/h5-6H2,1-4H3,(H,11,13)(H,16,17);;2*1H/q;+3;;/p-3. The van der Waals surface area contributed by atoms with Crippen molar-refractivity contribution in [3.8, 4) is 0 Å². The number of likely N-dealkylation sites (N-methyl/N-ethyl adjacent to an activating group) is 1. The largest absolute Gasteiger partial charge is 3.00 e. The molecule has 0 aromatic rings. The summed E-state index contributed by atoms with van der Waals surface area (Å²) in [5.74, 6) is -0.806. The monoisotopic (exact) mass is 544 g/mol. The zero-order valence-corrected chi connectivity index (χ0v) is 16.8. The fourth-order valence-corrected chi connectivity index (χ4v) is 1.01. The second-order valence-electron chi connectivity index (χ2n) is 4.49. The Hall–Kier alpha value is 0.370. The van der Waals surface area contributed by atoms with Gasteiger partial charge in [0.05, 0.1) is 6.54 Å². The fraction of sp³-hybridized carbons (Fsp3) is 0.700. The van der Waals surface area contributed by atoms with Gasteiger partial charge >= 0.3 is 28.3 Å². The van der Waals surface area contributed by atoms with Crippen LogP contribution in [0.5, 0.6) is 0 Å². The minimum Gasteiger partial charge on any atom is -1.00 e. The van der Waals surface area contributed by atoms with Gasteiger partial charge in [0, 0.05) is 7.05 Å². The van der Waals surface area contributed by atoms with Gasteiger partial charge in [0.2, 0.25) is 5.91 Å². The maximum Gasteiger partial charge on any atom is 3.00 e. The molecule has 122 valence electrons. The van der Waals surface area contributed by atoms with Crippen LogP contribution in [0.15, 0.2) is 0 Å². The van der Waals surface area contributed by atoms with E-state index < -0.39 is 11.6 Å². The zero-order chi connectivity index (χ0) is 13.6. The van der Waals surface area contributed by atoms with E-state index in [1.165, 1.54) is 4.90 Å². The molecule has 0 fully saturated rings. The molecule has 0 aliphatic heterocycles. The quantitative estimate of drug-likeness (QED) is 0.165. The molecule has 5 nitrogen and oxygen atoms in total. The van der Waals surface area contributed by atoms with Crippen molar-refractivity contribution in [3.63, 3.8) is 0 Å². The summed E-state index contributed by atoms with van der Waals surface area (Å²) in [6, 6.07) is 0. The molecule has 0 aromatic carbocycles. The summed E-state index contributed by atoms with van der Waals surface area (Å²) in [5.41, 5.74) is -0.555. The SMILES string of the molecule is CN(CC(=O)NCC(=O)OC(C)(C)C)C(=S)[S-].[Au+3].[Cl-].[Cl-]. The van der Waals surface area contributed by atoms with Crippen LogP contribution in [0.4, 0.5) is 0 Å². The summed E-state index contributed by atoms with van der Waals surface area (Å²) in [5, 5.41) is 2.43. The van der Waals surface area contributed by atoms with Crippen molar-refractivity contribution < 1.29 is 61.5 Å². The van der Waals surface area contributed by atoms with Crippen molar-refractivity contribution in [1.29, 1.82) is 0 Å². The fourth-order valence-electron chi connectivity index (χ4n) is 0.884. The Morgan fingerprint density at radius 1 is 1.30 bits per heavy atom. The number of nitrogens with one attached hydrogen (secondary N) is 1. The van der Waals surface area contributed by atoms with Crippen LogP contribution in [-0.4, -0.2) is 46.8 Å². The van der Waals surface area contributed by atoms with E-state index in [0.717, 1.165) is 0 Å². The van der Waals surface area contributed by atoms with E-state index in [2.05, 4.69) is 5.32 Å². The molecular weight excluding hydrogens is 528 g/mol. The van der Waals surface area contributed by atoms with E-state index in [1.807, 2.05) is 0 Å². The molecule has 0 saturated carbocycles. The third kappa shape index (κ3) is 16.4. The minimum atomic E-state index is -0.555. The molecule has 20 heavy (non-hydrogen) atoms. The molecule has 0 spiro atoms. The van der Waals surface area contributed by atoms with Crippen LogP contribution in [0.2, 0.25) is 0 Å². The molecule has 0 aliphatic rings. The average Bonchev–Trinajstić information content (AvgIpc) is 2.11. The smallest absolute Gasteiger partial charge is 1.00 e. The molecule has 0 unspecified atom stereocenters. The van der Waals surface area contributed by atoms with Crippen LogP contribution in [0.3, 0.4) is 0 Å². The Labute approximate surface area is 158 Å². The van der Waals surface area contributed by atoms with Gasteiger partial charge in [0.1, 0.15) is 12.1 Å². The van der Waals surface area contributed by atoms with E-state index in [-0.39, 0.29) is 70.5 Å². The van der Waals surface area contributed by atoms with Crippen molar-refractivity contribution in [2.75, 3.05) is 20.1 Å². The second kappa shape index (κ2) is 13.1. The third-order valence-electron chi connectivity index (χ3n) is 1.54. The van der Waals surface area contributed by atoms with Gasteiger partial charge in [0.25, 0.3) is 0 Å². The Bertz CT molecular complexity index is 328. The number of nitrogens with zero attached hydrogens (tertiary/aromatic N) is 1. The van der Waals surface area contributed by atoms with Crippen LogP contribution in [-0.2, 0) is 49.3 Å². The number of thiocarbonyl (C=S) groups is 1. The van der Waals surface area contributed by atoms with Crippen molar-refractivity contribution in [1.82, 2.24) is 10.2 Å². The van der Waals surface area contributed by atoms with Crippen LogP contribution in [0.25, 0.3) is 0 Å². The molecule has 0 saturated heterocycles. The molecule has 0 aromatic heterocycles. The van der Waals surface area contributed by atoms with E-state index in [1.54, 1.807) is 27.8 Å². The van der Waals surface area contributed by atoms with Crippen LogP contribution >= 0.6 is 12.2 Å². The molecule has 0 rings (SSSR count). The van der Waals surface area contributed by atoms with E-state index in [9.17, 15) is 9.59 Å². The maximum absolute atomic E-state index is 11.4. The second-order valence-corrected chi connectivity index (χ2v) is 5.52. The first kappa shape index (κ1) is 28.5. The summed E-state index contributed by atoms with van der Waals surface area (Å²) in [6.07, 6.45) is 0. The number of esters is 1. The van der Waals surface area contributed by atoms with E-state index in [4.69, 9.17) is 29.6 Å². The van der Waals surface area contributed by atoms with Gasteiger partial charge in [-0.15, -0.1) is 0 Å². The predicted molar refractivity (Wildman–Crippen MR) is 71.4 cm³/mol. The Morgan fingerprint density at radius 2 is 1.75 bits per heavy atom.